The SMILES string of the molecule is CC(=O)CCC1(c2ccc(C(F)F)cc2)CCCCC1.CC(=O)CCC1(c2ccc(Cl)cc2)CCN(c2cccn3nc(Nc4ccc(C(=O)N(C)C5CCN(C)CC5)cc4)nc23)CC1.CN1CCC(N(C)C(=O)c2ccc(Nc3nc4c(Br)cccn4n3)cc2)CC1. The van der Waals surface area contributed by atoms with Gasteiger partial charge in [0.2, 0.25) is 11.9 Å². The minimum atomic E-state index is -2.41. The van der Waals surface area contributed by atoms with Gasteiger partial charge in [-0.3, -0.25) is 9.59 Å². The number of hydrogen-bond donors (Lipinski definition) is 2. The normalized spacial score (nSPS) is 17.0. The Balaban J connectivity index is 0.000000167. The summed E-state index contributed by atoms with van der Waals surface area (Å²) >= 11 is 9.67. The summed E-state index contributed by atoms with van der Waals surface area (Å²) in [6.07, 6.45) is 15.8. The molecule has 3 aliphatic heterocycles. The van der Waals surface area contributed by atoms with Gasteiger partial charge >= 0.3 is 0 Å². The number of nitrogens with one attached hydrogen (secondary N) is 2. The predicted octanol–water partition coefficient (Wildman–Crippen LogP) is 14.8. The van der Waals surface area contributed by atoms with Crippen molar-refractivity contribution >= 4 is 91.2 Å². The second-order valence-electron chi connectivity index (χ2n) is 25.9. The molecule has 0 spiro atoms. The summed E-state index contributed by atoms with van der Waals surface area (Å²) in [4.78, 5) is 69.3. The van der Waals surface area contributed by atoms with Crippen LogP contribution in [-0.2, 0) is 20.4 Å². The number of fused-ring (bicyclic) bond motifs is 2. The number of pyridine rings is 2. The number of aromatic nitrogens is 6. The van der Waals surface area contributed by atoms with Gasteiger partial charge in [-0.25, -0.2) is 17.8 Å². The minimum absolute atomic E-state index is 0.0184. The van der Waals surface area contributed by atoms with Gasteiger partial charge in [0.15, 0.2) is 11.3 Å². The van der Waals surface area contributed by atoms with E-state index in [1.54, 1.807) is 18.4 Å². The molecule has 0 atom stereocenters. The number of hydrogen-bond acceptors (Lipinski definition) is 13. The van der Waals surface area contributed by atoms with Gasteiger partial charge in [0.25, 0.3) is 18.2 Å². The highest BCUT2D eigenvalue weighted by atomic mass is 79.9. The summed E-state index contributed by atoms with van der Waals surface area (Å²) in [6.45, 7) is 9.08. The summed E-state index contributed by atoms with van der Waals surface area (Å²) in [5, 5.41) is 16.3. The second-order valence-corrected chi connectivity index (χ2v) is 27.2. The molecule has 1 aliphatic carbocycles. The molecule has 21 heteroatoms. The van der Waals surface area contributed by atoms with E-state index in [0.717, 1.165) is 160 Å². The van der Waals surface area contributed by atoms with E-state index >= 15 is 0 Å². The number of carbonyl (C=O) groups excluding carboxylic acids is 4. The Bertz CT molecular complexity index is 3800. The number of nitrogens with zero attached hydrogens (tertiary/aromatic N) is 11. The first-order valence-corrected chi connectivity index (χ1v) is 33.8. The number of rotatable bonds is 18. The molecule has 12 rings (SSSR count). The molecule has 1 saturated carbocycles. The lowest BCUT2D eigenvalue weighted by Gasteiger charge is -2.43. The fourth-order valence-corrected chi connectivity index (χ4v) is 14.2. The van der Waals surface area contributed by atoms with Crippen molar-refractivity contribution in [2.45, 2.75) is 139 Å². The molecule has 4 fully saturated rings. The Labute approximate surface area is 558 Å². The molecule has 4 aromatic carbocycles. The van der Waals surface area contributed by atoms with Crippen LogP contribution in [-0.4, -0.2) is 152 Å². The van der Waals surface area contributed by atoms with Crippen LogP contribution in [0.3, 0.4) is 0 Å². The smallest absolute Gasteiger partial charge is 0.263 e. The van der Waals surface area contributed by atoms with Gasteiger partial charge in [0.1, 0.15) is 11.6 Å². The van der Waals surface area contributed by atoms with Gasteiger partial charge in [-0.2, -0.15) is 9.97 Å². The molecule has 0 unspecified atom stereocenters. The van der Waals surface area contributed by atoms with E-state index in [1.807, 2.05) is 132 Å². The molecule has 7 heterocycles. The van der Waals surface area contributed by atoms with Crippen LogP contribution < -0.4 is 15.5 Å². The number of ketones is 2. The molecule has 3 saturated heterocycles. The monoisotopic (exact) mass is 1350 g/mol. The van der Waals surface area contributed by atoms with Gasteiger partial charge < -0.3 is 44.7 Å². The van der Waals surface area contributed by atoms with Gasteiger partial charge in [-0.15, -0.1) is 10.2 Å². The van der Waals surface area contributed by atoms with Crippen LogP contribution in [0.15, 0.2) is 138 Å². The molecule has 2 N–H and O–H groups in total. The highest BCUT2D eigenvalue weighted by Gasteiger charge is 2.38. The molecule has 0 radical (unpaired) electrons. The number of alkyl halides is 2. The molecular formula is C72H87BrClF2N13O4. The summed E-state index contributed by atoms with van der Waals surface area (Å²) in [6, 6.07) is 38.4. The van der Waals surface area contributed by atoms with Crippen molar-refractivity contribution in [1.82, 2.24) is 48.8 Å². The molecule has 17 nitrogen and oxygen atoms in total. The predicted molar refractivity (Wildman–Crippen MR) is 369 cm³/mol. The lowest BCUT2D eigenvalue weighted by Crippen LogP contribution is -2.44. The Morgan fingerprint density at radius 2 is 1.01 bits per heavy atom. The molecule has 4 aromatic heterocycles. The van der Waals surface area contributed by atoms with E-state index in [2.05, 4.69) is 88.7 Å². The lowest BCUT2D eigenvalue weighted by molar-refractivity contribution is -0.118. The maximum atomic E-state index is 13.1. The minimum Gasteiger partial charge on any atom is -0.368 e. The lowest BCUT2D eigenvalue weighted by atomic mass is 9.66. The van der Waals surface area contributed by atoms with Crippen LogP contribution >= 0.6 is 27.5 Å². The maximum Gasteiger partial charge on any atom is 0.263 e. The maximum absolute atomic E-state index is 13.1. The fraction of sp³-hybridized carbons (Fsp3) is 0.444. The van der Waals surface area contributed by atoms with Crippen LogP contribution in [0, 0.1) is 0 Å². The Kier molecular flexibility index (Phi) is 22.8. The highest BCUT2D eigenvalue weighted by molar-refractivity contribution is 9.10. The second kappa shape index (κ2) is 31.1. The number of piperidine rings is 3. The Morgan fingerprint density at radius 1 is 0.581 bits per heavy atom. The van der Waals surface area contributed by atoms with Crippen molar-refractivity contribution in [1.29, 1.82) is 0 Å². The molecule has 492 valence electrons. The number of benzene rings is 4. The largest absolute Gasteiger partial charge is 0.368 e. The Hall–Kier alpha value is -7.65. The summed E-state index contributed by atoms with van der Waals surface area (Å²) in [5.74, 6) is 1.55. The molecule has 0 bridgehead atoms. The summed E-state index contributed by atoms with van der Waals surface area (Å²) in [5.41, 5.74) is 8.01. The molecule has 2 amide bonds. The van der Waals surface area contributed by atoms with Crippen LogP contribution in [0.4, 0.5) is 37.7 Å². The molecular weight excluding hydrogens is 1260 g/mol. The third-order valence-corrected chi connectivity index (χ3v) is 20.4. The van der Waals surface area contributed by atoms with E-state index in [0.29, 0.717) is 41.9 Å². The third kappa shape index (κ3) is 17.2. The van der Waals surface area contributed by atoms with Crippen molar-refractivity contribution in [3.63, 3.8) is 0 Å². The van der Waals surface area contributed by atoms with Crippen molar-refractivity contribution in [3.05, 3.63) is 171 Å². The average Bonchev–Trinajstić information content (AvgIpc) is 1.73. The van der Waals surface area contributed by atoms with Crippen LogP contribution in [0.25, 0.3) is 11.3 Å². The zero-order valence-corrected chi connectivity index (χ0v) is 56.7. The molecule has 4 aliphatic rings. The number of Topliss-reactive ketones (excluding diaryl/α,β-unsaturated/α-hetero) is 2. The van der Waals surface area contributed by atoms with Crippen LogP contribution in [0.2, 0.25) is 5.02 Å². The summed E-state index contributed by atoms with van der Waals surface area (Å²) in [7, 11) is 8.07. The van der Waals surface area contributed by atoms with Gasteiger partial charge in [-0.1, -0.05) is 67.3 Å². The van der Waals surface area contributed by atoms with E-state index in [4.69, 9.17) is 16.6 Å². The van der Waals surface area contributed by atoms with Gasteiger partial charge in [-0.05, 0) is 241 Å². The number of halogens is 4. The number of amides is 2. The first kappa shape index (κ1) is 68.2. The quantitative estimate of drug-likeness (QED) is 0.0833. The van der Waals surface area contributed by atoms with Crippen molar-refractivity contribution in [2.24, 2.45) is 0 Å². The van der Waals surface area contributed by atoms with Crippen molar-refractivity contribution in [3.8, 4) is 0 Å². The number of anilines is 5. The first-order valence-electron chi connectivity index (χ1n) is 32.7. The standard InChI is InChI=1S/C35H42ClN7O2.C20H23BrN6O.C17H22F2O/c1-25(44)14-17-35(27-8-10-28(36)11-9-27)18-23-42(24-19-35)31-5-4-20-43-32(31)38-34(39-43)37-29-12-6-26(7-13-29)33(45)41(3)30-15-21-40(2)22-16-30;1-25-12-9-16(10-13-25)26(2)19(28)14-5-7-15(8-6-14)22-20-23-18-17(21)4-3-11-27(18)24-20;1-13(20)9-12-17(10-3-2-4-11-17)15-7-5-14(6-8-15)16(18)19/h4-13,20,30H,14-19,21-24H2,1-3H3,(H,37,39);3-8,11,16H,9-10,12-13H2,1-2H3,(H,22,24);5-8,16H,2-4,9-12H2,1H3. The van der Waals surface area contributed by atoms with E-state index in [-0.39, 0.29) is 45.8 Å². The molecule has 93 heavy (non-hydrogen) atoms. The topological polar surface area (TPSA) is 169 Å². The van der Waals surface area contributed by atoms with E-state index in [9.17, 15) is 28.0 Å². The van der Waals surface area contributed by atoms with Gasteiger partial charge in [0, 0.05) is 97.6 Å². The first-order chi connectivity index (χ1) is 44.7. The fourth-order valence-electron chi connectivity index (χ4n) is 13.7. The van der Waals surface area contributed by atoms with Crippen LogP contribution in [0.5, 0.6) is 0 Å². The number of likely N-dealkylation sites (tertiary alicyclic amines) is 2. The zero-order chi connectivity index (χ0) is 65.8. The van der Waals surface area contributed by atoms with Crippen molar-refractivity contribution < 1.29 is 28.0 Å². The average molecular weight is 1350 g/mol. The zero-order valence-electron chi connectivity index (χ0n) is 54.3. The number of carbonyl (C=O) groups is 4. The van der Waals surface area contributed by atoms with Crippen molar-refractivity contribution in [2.75, 3.05) is 83.0 Å². The van der Waals surface area contributed by atoms with E-state index < -0.39 is 6.43 Å². The van der Waals surface area contributed by atoms with Crippen LogP contribution in [0.1, 0.15) is 154 Å². The van der Waals surface area contributed by atoms with Gasteiger partial charge in [0.05, 0.1) is 10.2 Å². The molecule has 8 aromatic rings. The highest BCUT2D eigenvalue weighted by Crippen LogP contribution is 2.44. The summed E-state index contributed by atoms with van der Waals surface area (Å²) < 4.78 is 29.7. The van der Waals surface area contributed by atoms with E-state index in [1.165, 1.54) is 24.1 Å². The third-order valence-electron chi connectivity index (χ3n) is 19.6. The Morgan fingerprint density at radius 3 is 1.46 bits per heavy atom.